The number of non-ortho nitro benzene ring substituents is 1. The van der Waals surface area contributed by atoms with Crippen molar-refractivity contribution in [2.24, 2.45) is 5.92 Å². The summed E-state index contributed by atoms with van der Waals surface area (Å²) in [6.45, 7) is 0.305. The molecule has 4 aromatic rings. The van der Waals surface area contributed by atoms with E-state index in [0.29, 0.717) is 23.8 Å². The van der Waals surface area contributed by atoms with Crippen molar-refractivity contribution in [2.45, 2.75) is 29.9 Å². The first kappa shape index (κ1) is 27.3. The summed E-state index contributed by atoms with van der Waals surface area (Å²) in [6.07, 6.45) is 5.21. The molecule has 1 heterocycles. The minimum Gasteiger partial charge on any atom is -0.497 e. The summed E-state index contributed by atoms with van der Waals surface area (Å²) in [5.41, 5.74) is 4.34. The number of nitro groups is 1. The summed E-state index contributed by atoms with van der Waals surface area (Å²) in [4.78, 5) is 10.7. The molecule has 0 spiro atoms. The second-order valence-electron chi connectivity index (χ2n) is 10.3. The number of nitro benzene ring substituents is 1. The third-order valence-electron chi connectivity index (χ3n) is 7.78. The predicted molar refractivity (Wildman–Crippen MR) is 160 cm³/mol. The van der Waals surface area contributed by atoms with Crippen molar-refractivity contribution in [3.63, 3.8) is 0 Å². The van der Waals surface area contributed by atoms with Crippen LogP contribution in [0.4, 0.5) is 17.1 Å². The molecule has 4 aromatic carbocycles. The second kappa shape index (κ2) is 11.2. The molecule has 6 rings (SSSR count). The quantitative estimate of drug-likeness (QED) is 0.126. The molecule has 0 bridgehead atoms. The number of ether oxygens (including phenoxy) is 2. The molecule has 0 saturated heterocycles. The summed E-state index contributed by atoms with van der Waals surface area (Å²) < 4.78 is 40.2. The van der Waals surface area contributed by atoms with E-state index >= 15 is 0 Å². The highest BCUT2D eigenvalue weighted by Crippen LogP contribution is 2.50. The molecule has 0 unspecified atom stereocenters. The fourth-order valence-corrected chi connectivity index (χ4v) is 6.69. The van der Waals surface area contributed by atoms with Crippen LogP contribution in [0.15, 0.2) is 108 Å². The average molecular weight is 584 g/mol. The topological polar surface area (TPSA) is 120 Å². The first-order valence-electron chi connectivity index (χ1n) is 13.5. The Kier molecular flexibility index (Phi) is 7.30. The van der Waals surface area contributed by atoms with E-state index in [2.05, 4.69) is 22.2 Å². The van der Waals surface area contributed by atoms with Gasteiger partial charge in [0, 0.05) is 29.4 Å². The number of nitrogens with zero attached hydrogens (tertiary/aromatic N) is 1. The van der Waals surface area contributed by atoms with E-state index in [-0.39, 0.29) is 28.5 Å². The van der Waals surface area contributed by atoms with Gasteiger partial charge in [-0.05, 0) is 95.8 Å². The van der Waals surface area contributed by atoms with Gasteiger partial charge >= 0.3 is 0 Å². The van der Waals surface area contributed by atoms with E-state index in [1.54, 1.807) is 55.6 Å². The molecule has 9 nitrogen and oxygen atoms in total. The van der Waals surface area contributed by atoms with Gasteiger partial charge in [-0.15, -0.1) is 0 Å². The van der Waals surface area contributed by atoms with Gasteiger partial charge in [-0.25, -0.2) is 8.42 Å². The monoisotopic (exact) mass is 583 g/mol. The van der Waals surface area contributed by atoms with Crippen molar-refractivity contribution in [3.8, 4) is 11.5 Å². The van der Waals surface area contributed by atoms with E-state index in [1.807, 2.05) is 30.3 Å². The molecule has 1 aliphatic carbocycles. The number of rotatable bonds is 9. The van der Waals surface area contributed by atoms with Crippen LogP contribution in [0.25, 0.3) is 0 Å². The van der Waals surface area contributed by atoms with Crippen LogP contribution in [0.2, 0.25) is 0 Å². The lowest BCUT2D eigenvalue weighted by Gasteiger charge is -2.37. The molecule has 42 heavy (non-hydrogen) atoms. The second-order valence-corrected chi connectivity index (χ2v) is 12.0. The Labute approximate surface area is 244 Å². The van der Waals surface area contributed by atoms with Gasteiger partial charge in [-0.1, -0.05) is 24.3 Å². The summed E-state index contributed by atoms with van der Waals surface area (Å²) >= 11 is 0. The fourth-order valence-electron chi connectivity index (χ4n) is 5.59. The van der Waals surface area contributed by atoms with E-state index < -0.39 is 14.9 Å². The molecule has 214 valence electrons. The van der Waals surface area contributed by atoms with Gasteiger partial charge in [0.15, 0.2) is 0 Å². The number of allylic oxidation sites excluding steroid dienone is 2. The Hall–Kier alpha value is -4.83. The van der Waals surface area contributed by atoms with Gasteiger partial charge < -0.3 is 14.8 Å². The number of benzene rings is 4. The number of methoxy groups -OCH3 is 1. The Morgan fingerprint density at radius 3 is 2.36 bits per heavy atom. The van der Waals surface area contributed by atoms with Crippen LogP contribution in [0, 0.1) is 16.0 Å². The molecule has 0 fully saturated rings. The summed E-state index contributed by atoms with van der Waals surface area (Å²) in [6, 6.07) is 26.3. The van der Waals surface area contributed by atoms with Crippen molar-refractivity contribution < 1.29 is 22.8 Å². The highest BCUT2D eigenvalue weighted by Gasteiger charge is 2.38. The summed E-state index contributed by atoms with van der Waals surface area (Å²) in [7, 11) is -2.22. The SMILES string of the molecule is COc1ccc(NS(=O)(=O)c2ccc3c(c2)[C@H]2C=CC[C@H]2[C@@H](c2ccc(OCc4ccc([N+](=O)[O-])cc4)cc2)N3)cc1. The number of nitrogens with one attached hydrogen (secondary N) is 2. The Morgan fingerprint density at radius 2 is 1.67 bits per heavy atom. The van der Waals surface area contributed by atoms with E-state index in [4.69, 9.17) is 9.47 Å². The van der Waals surface area contributed by atoms with Crippen LogP contribution in [-0.2, 0) is 16.6 Å². The largest absolute Gasteiger partial charge is 0.497 e. The molecule has 0 amide bonds. The number of hydrogen-bond donors (Lipinski definition) is 2. The van der Waals surface area contributed by atoms with E-state index in [1.165, 1.54) is 12.1 Å². The van der Waals surface area contributed by atoms with Crippen molar-refractivity contribution in [1.29, 1.82) is 0 Å². The highest BCUT2D eigenvalue weighted by atomic mass is 32.2. The molecular formula is C32H29N3O6S. The molecule has 1 aliphatic heterocycles. The average Bonchev–Trinajstić information content (AvgIpc) is 3.51. The van der Waals surface area contributed by atoms with Gasteiger partial charge in [-0.2, -0.15) is 0 Å². The van der Waals surface area contributed by atoms with Crippen LogP contribution in [0.3, 0.4) is 0 Å². The van der Waals surface area contributed by atoms with Crippen LogP contribution >= 0.6 is 0 Å². The number of fused-ring (bicyclic) bond motifs is 3. The van der Waals surface area contributed by atoms with Crippen LogP contribution in [0.5, 0.6) is 11.5 Å². The van der Waals surface area contributed by atoms with Gasteiger partial charge in [0.1, 0.15) is 18.1 Å². The number of anilines is 2. The molecule has 0 saturated carbocycles. The van der Waals surface area contributed by atoms with Gasteiger partial charge in [0.05, 0.1) is 23.0 Å². The lowest BCUT2D eigenvalue weighted by atomic mass is 9.77. The molecule has 2 aliphatic rings. The highest BCUT2D eigenvalue weighted by molar-refractivity contribution is 7.92. The lowest BCUT2D eigenvalue weighted by Crippen LogP contribution is -2.29. The summed E-state index contributed by atoms with van der Waals surface area (Å²) in [5.74, 6) is 1.67. The zero-order valence-corrected chi connectivity index (χ0v) is 23.6. The zero-order chi connectivity index (χ0) is 29.3. The maximum absolute atomic E-state index is 13.2. The minimum atomic E-state index is -3.78. The zero-order valence-electron chi connectivity index (χ0n) is 22.8. The maximum Gasteiger partial charge on any atom is 0.269 e. The molecule has 10 heteroatoms. The molecule has 2 N–H and O–H groups in total. The first-order valence-corrected chi connectivity index (χ1v) is 15.0. The smallest absolute Gasteiger partial charge is 0.269 e. The standard InChI is InChI=1S/C32H29N3O6S/c1-40-25-15-9-23(10-16-25)34-42(38,39)27-17-18-31-30(19-27)28-3-2-4-29(28)32(33-31)22-7-13-26(14-8-22)41-20-21-5-11-24(12-6-21)35(36)37/h2-3,5-19,28-29,32-34H,4,20H2,1H3/t28-,29+,32+/m0/s1. The van der Waals surface area contributed by atoms with Gasteiger partial charge in [0.2, 0.25) is 0 Å². The maximum atomic E-state index is 13.2. The Bertz CT molecular complexity index is 1740. The first-order chi connectivity index (χ1) is 20.3. The molecule has 3 atom stereocenters. The Balaban J connectivity index is 1.17. The number of hydrogen-bond acceptors (Lipinski definition) is 7. The van der Waals surface area contributed by atoms with Crippen LogP contribution < -0.4 is 19.5 Å². The third kappa shape index (κ3) is 5.53. The predicted octanol–water partition coefficient (Wildman–Crippen LogP) is 6.81. The summed E-state index contributed by atoms with van der Waals surface area (Å²) in [5, 5.41) is 14.5. The van der Waals surface area contributed by atoms with Gasteiger partial charge in [0.25, 0.3) is 15.7 Å². The van der Waals surface area contributed by atoms with Crippen molar-refractivity contribution >= 4 is 27.1 Å². The number of sulfonamides is 1. The van der Waals surface area contributed by atoms with E-state index in [9.17, 15) is 18.5 Å². The fraction of sp³-hybridized carbons (Fsp3) is 0.188. The third-order valence-corrected chi connectivity index (χ3v) is 9.16. The normalized spacial score (nSPS) is 18.8. The Morgan fingerprint density at radius 1 is 0.952 bits per heavy atom. The molecule has 0 radical (unpaired) electrons. The molecular weight excluding hydrogens is 554 g/mol. The van der Waals surface area contributed by atoms with Crippen LogP contribution in [-0.4, -0.2) is 20.5 Å². The van der Waals surface area contributed by atoms with Crippen molar-refractivity contribution in [2.75, 3.05) is 17.1 Å². The molecule has 0 aromatic heterocycles. The van der Waals surface area contributed by atoms with Gasteiger partial charge in [-0.3, -0.25) is 14.8 Å². The minimum absolute atomic E-state index is 0.0427. The lowest BCUT2D eigenvalue weighted by molar-refractivity contribution is -0.384. The van der Waals surface area contributed by atoms with Crippen molar-refractivity contribution in [1.82, 2.24) is 0 Å². The van der Waals surface area contributed by atoms with Crippen molar-refractivity contribution in [3.05, 3.63) is 130 Å². The van der Waals surface area contributed by atoms with E-state index in [0.717, 1.165) is 28.8 Å². The van der Waals surface area contributed by atoms with Crippen LogP contribution in [0.1, 0.15) is 35.1 Å².